The molecule has 0 radical (unpaired) electrons. The number of aromatic nitrogens is 1. The van der Waals surface area contributed by atoms with E-state index in [0.717, 1.165) is 48.6 Å². The van der Waals surface area contributed by atoms with Gasteiger partial charge >= 0.3 is 0 Å². The van der Waals surface area contributed by atoms with Crippen LogP contribution in [-0.4, -0.2) is 15.7 Å². The van der Waals surface area contributed by atoms with Crippen LogP contribution in [0.5, 0.6) is 5.75 Å². The zero-order chi connectivity index (χ0) is 15.7. The van der Waals surface area contributed by atoms with Crippen LogP contribution in [0.15, 0.2) is 29.1 Å². The maximum absolute atomic E-state index is 12.4. The molecule has 1 saturated carbocycles. The highest BCUT2D eigenvalue weighted by atomic mass is 16.3. The first-order valence-electron chi connectivity index (χ1n) is 8.13. The number of benzene rings is 1. The second-order valence-corrected chi connectivity index (χ2v) is 6.59. The van der Waals surface area contributed by atoms with Gasteiger partial charge < -0.3 is 15.4 Å². The van der Waals surface area contributed by atoms with Crippen molar-refractivity contribution in [2.45, 2.75) is 51.6 Å². The number of nitrogens with two attached hydrogens (primary N) is 1. The molecule has 0 amide bonds. The molecule has 2 aromatic rings. The molecule has 1 fully saturated rings. The fourth-order valence-corrected chi connectivity index (χ4v) is 3.56. The summed E-state index contributed by atoms with van der Waals surface area (Å²) in [5, 5.41) is 10.8. The minimum atomic E-state index is 0.0168. The molecule has 1 aliphatic carbocycles. The number of rotatable bonds is 3. The van der Waals surface area contributed by atoms with E-state index in [1.54, 1.807) is 22.8 Å². The minimum absolute atomic E-state index is 0.0168. The van der Waals surface area contributed by atoms with Crippen molar-refractivity contribution in [1.82, 2.24) is 4.57 Å². The van der Waals surface area contributed by atoms with Gasteiger partial charge in [-0.05, 0) is 62.6 Å². The largest absolute Gasteiger partial charge is 0.508 e. The molecule has 22 heavy (non-hydrogen) atoms. The molecule has 1 aromatic heterocycles. The average Bonchev–Trinajstić information content (AvgIpc) is 2.48. The molecule has 118 valence electrons. The van der Waals surface area contributed by atoms with Crippen molar-refractivity contribution < 1.29 is 5.11 Å². The highest BCUT2D eigenvalue weighted by molar-refractivity contribution is 5.83. The first-order chi connectivity index (χ1) is 10.5. The van der Waals surface area contributed by atoms with Crippen LogP contribution in [0, 0.1) is 12.8 Å². The van der Waals surface area contributed by atoms with E-state index in [-0.39, 0.29) is 11.3 Å². The summed E-state index contributed by atoms with van der Waals surface area (Å²) in [4.78, 5) is 12.4. The molecular weight excluding hydrogens is 276 g/mol. The van der Waals surface area contributed by atoms with E-state index in [1.165, 1.54) is 0 Å². The summed E-state index contributed by atoms with van der Waals surface area (Å²) in [5.41, 5.74) is 7.76. The quantitative estimate of drug-likeness (QED) is 0.915. The molecule has 3 rings (SSSR count). The Morgan fingerprint density at radius 2 is 1.95 bits per heavy atom. The molecule has 0 unspecified atom stereocenters. The number of fused-ring (bicyclic) bond motifs is 1. The Bertz CT molecular complexity index is 728. The van der Waals surface area contributed by atoms with Crippen molar-refractivity contribution >= 4 is 10.9 Å². The number of aryl methyl sites for hydroxylation is 2. The summed E-state index contributed by atoms with van der Waals surface area (Å²) < 4.78 is 1.80. The Labute approximate surface area is 130 Å². The topological polar surface area (TPSA) is 68.2 Å². The third kappa shape index (κ3) is 3.02. The summed E-state index contributed by atoms with van der Waals surface area (Å²) in [7, 11) is 0. The highest BCUT2D eigenvalue weighted by Gasteiger charge is 2.19. The van der Waals surface area contributed by atoms with Crippen LogP contribution in [-0.2, 0) is 6.54 Å². The third-order valence-corrected chi connectivity index (χ3v) is 4.96. The lowest BCUT2D eigenvalue weighted by Crippen LogP contribution is -2.28. The summed E-state index contributed by atoms with van der Waals surface area (Å²) in [6.07, 6.45) is 5.50. The number of aromatic hydroxyl groups is 1. The number of hydrogen-bond donors (Lipinski definition) is 2. The maximum Gasteiger partial charge on any atom is 0.251 e. The smallest absolute Gasteiger partial charge is 0.251 e. The van der Waals surface area contributed by atoms with Gasteiger partial charge in [-0.1, -0.05) is 0 Å². The fraction of sp³-hybridized carbons (Fsp3) is 0.500. The van der Waals surface area contributed by atoms with Crippen LogP contribution >= 0.6 is 0 Å². The van der Waals surface area contributed by atoms with Crippen molar-refractivity contribution in [1.29, 1.82) is 0 Å². The second-order valence-electron chi connectivity index (χ2n) is 6.59. The molecular formula is C18H24N2O2. The molecule has 3 N–H and O–H groups in total. The lowest BCUT2D eigenvalue weighted by molar-refractivity contribution is 0.299. The van der Waals surface area contributed by atoms with Crippen molar-refractivity contribution in [2.24, 2.45) is 11.7 Å². The van der Waals surface area contributed by atoms with E-state index in [0.29, 0.717) is 18.5 Å². The van der Waals surface area contributed by atoms with Crippen molar-refractivity contribution in [2.75, 3.05) is 0 Å². The van der Waals surface area contributed by atoms with E-state index in [9.17, 15) is 9.90 Å². The number of hydrogen-bond acceptors (Lipinski definition) is 3. The molecule has 1 heterocycles. The molecule has 0 atom stereocenters. The Balaban J connectivity index is 1.87. The zero-order valence-corrected chi connectivity index (χ0v) is 13.1. The maximum atomic E-state index is 12.4. The lowest BCUT2D eigenvalue weighted by atomic mass is 9.84. The first-order valence-corrected chi connectivity index (χ1v) is 8.13. The van der Waals surface area contributed by atoms with Crippen LogP contribution in [0.25, 0.3) is 10.9 Å². The van der Waals surface area contributed by atoms with Gasteiger partial charge in [-0.25, -0.2) is 0 Å². The Morgan fingerprint density at radius 3 is 2.68 bits per heavy atom. The van der Waals surface area contributed by atoms with Crippen molar-refractivity contribution in [3.8, 4) is 5.75 Å². The van der Waals surface area contributed by atoms with Gasteiger partial charge in [-0.15, -0.1) is 0 Å². The second kappa shape index (κ2) is 6.13. The molecule has 4 nitrogen and oxygen atoms in total. The molecule has 1 aromatic carbocycles. The number of nitrogens with zero attached hydrogens (tertiary/aromatic N) is 1. The lowest BCUT2D eigenvalue weighted by Gasteiger charge is -2.26. The predicted molar refractivity (Wildman–Crippen MR) is 89.2 cm³/mol. The molecule has 0 aliphatic heterocycles. The monoisotopic (exact) mass is 300 g/mol. The summed E-state index contributed by atoms with van der Waals surface area (Å²) in [6.45, 7) is 2.65. The van der Waals surface area contributed by atoms with Crippen LogP contribution in [0.4, 0.5) is 0 Å². The van der Waals surface area contributed by atoms with Crippen LogP contribution in [0.1, 0.15) is 37.7 Å². The van der Waals surface area contributed by atoms with Gasteiger partial charge in [0, 0.05) is 30.1 Å². The van der Waals surface area contributed by atoms with E-state index in [1.807, 2.05) is 13.0 Å². The average molecular weight is 300 g/mol. The molecule has 1 aliphatic rings. The SMILES string of the molecule is Cc1cc(=O)n(CCC2CCC(N)CC2)c2cc(O)ccc12. The Hall–Kier alpha value is -1.81. The number of phenols is 1. The summed E-state index contributed by atoms with van der Waals surface area (Å²) >= 11 is 0. The van der Waals surface area contributed by atoms with Gasteiger partial charge in [0.2, 0.25) is 0 Å². The van der Waals surface area contributed by atoms with Gasteiger partial charge in [0.05, 0.1) is 5.52 Å². The van der Waals surface area contributed by atoms with Crippen molar-refractivity contribution in [3.63, 3.8) is 0 Å². The summed E-state index contributed by atoms with van der Waals surface area (Å²) in [6, 6.07) is 7.30. The predicted octanol–water partition coefficient (Wildman–Crippen LogP) is 2.92. The van der Waals surface area contributed by atoms with Gasteiger partial charge in [0.25, 0.3) is 5.56 Å². The summed E-state index contributed by atoms with van der Waals surface area (Å²) in [5.74, 6) is 0.857. The number of phenolic OH excluding ortho intramolecular Hbond substituents is 1. The Morgan fingerprint density at radius 1 is 1.23 bits per heavy atom. The van der Waals surface area contributed by atoms with Crippen LogP contribution in [0.3, 0.4) is 0 Å². The highest BCUT2D eigenvalue weighted by Crippen LogP contribution is 2.27. The molecule has 0 bridgehead atoms. The van der Waals surface area contributed by atoms with Crippen LogP contribution in [0.2, 0.25) is 0 Å². The first kappa shape index (κ1) is 15.1. The van der Waals surface area contributed by atoms with E-state index in [2.05, 4.69) is 0 Å². The van der Waals surface area contributed by atoms with E-state index in [4.69, 9.17) is 5.73 Å². The van der Waals surface area contributed by atoms with Gasteiger partial charge in [-0.2, -0.15) is 0 Å². The van der Waals surface area contributed by atoms with Gasteiger partial charge in [0.1, 0.15) is 5.75 Å². The van der Waals surface area contributed by atoms with Gasteiger partial charge in [-0.3, -0.25) is 4.79 Å². The van der Waals surface area contributed by atoms with E-state index >= 15 is 0 Å². The molecule has 4 heteroatoms. The standard InChI is InChI=1S/C18H24N2O2/c1-12-10-18(22)20(17-11-15(21)6-7-16(12)17)9-8-13-2-4-14(19)5-3-13/h6-7,10-11,13-14,21H,2-5,8-9,19H2,1H3. The van der Waals surface area contributed by atoms with Gasteiger partial charge in [0.15, 0.2) is 0 Å². The van der Waals surface area contributed by atoms with Crippen molar-refractivity contribution in [3.05, 3.63) is 40.2 Å². The fourth-order valence-electron chi connectivity index (χ4n) is 3.56. The zero-order valence-electron chi connectivity index (χ0n) is 13.1. The minimum Gasteiger partial charge on any atom is -0.508 e. The number of pyridine rings is 1. The van der Waals surface area contributed by atoms with Crippen LogP contribution < -0.4 is 11.3 Å². The molecule has 0 spiro atoms. The van der Waals surface area contributed by atoms with E-state index < -0.39 is 0 Å². The normalized spacial score (nSPS) is 22.1. The third-order valence-electron chi connectivity index (χ3n) is 4.96. The Kier molecular flexibility index (Phi) is 4.21. The molecule has 0 saturated heterocycles.